The number of carbonyl (C=O) groups is 2. The van der Waals surface area contributed by atoms with E-state index in [4.69, 9.17) is 11.6 Å². The van der Waals surface area contributed by atoms with Gasteiger partial charge in [-0.2, -0.15) is 0 Å². The molecule has 6 heteroatoms. The van der Waals surface area contributed by atoms with E-state index in [9.17, 15) is 9.59 Å². The Kier molecular flexibility index (Phi) is 5.09. The summed E-state index contributed by atoms with van der Waals surface area (Å²) < 4.78 is 0. The number of anilines is 1. The summed E-state index contributed by atoms with van der Waals surface area (Å²) in [5.74, 6) is 0.856. The second kappa shape index (κ2) is 6.84. The van der Waals surface area contributed by atoms with Gasteiger partial charge in [0.1, 0.15) is 0 Å². The van der Waals surface area contributed by atoms with Gasteiger partial charge in [0.25, 0.3) is 0 Å². The number of rotatable bonds is 2. The maximum Gasteiger partial charge on any atom is 0.238 e. The summed E-state index contributed by atoms with van der Waals surface area (Å²) in [6.07, 6.45) is 2.18. The molecular formula is C19H25ClN2O2S. The molecule has 2 amide bonds. The Morgan fingerprint density at radius 3 is 2.36 bits per heavy atom. The molecule has 0 aliphatic carbocycles. The number of amides is 2. The standard InChI is InChI=1S/C19H25ClN2O2S/c1-18(2,3)12-16(23)21-10-8-19(9-11-21)22(17(24)13-25-19)15-6-4-14(20)5-7-15/h4-7H,8-13H2,1-3H3. The van der Waals surface area contributed by atoms with E-state index in [1.165, 1.54) is 0 Å². The lowest BCUT2D eigenvalue weighted by Gasteiger charge is -2.44. The largest absolute Gasteiger partial charge is 0.342 e. The molecule has 2 aliphatic rings. The van der Waals surface area contributed by atoms with Crippen LogP contribution in [0.1, 0.15) is 40.0 Å². The Hall–Kier alpha value is -1.20. The molecular weight excluding hydrogens is 356 g/mol. The number of piperidine rings is 1. The molecule has 2 fully saturated rings. The summed E-state index contributed by atoms with van der Waals surface area (Å²) in [7, 11) is 0. The molecule has 4 nitrogen and oxygen atoms in total. The van der Waals surface area contributed by atoms with Gasteiger partial charge in [-0.25, -0.2) is 0 Å². The number of carbonyl (C=O) groups excluding carboxylic acids is 2. The number of thioether (sulfide) groups is 1. The molecule has 2 heterocycles. The SMILES string of the molecule is CC(C)(C)CC(=O)N1CCC2(CC1)SCC(=O)N2c1ccc(Cl)cc1. The van der Waals surface area contributed by atoms with Gasteiger partial charge >= 0.3 is 0 Å². The van der Waals surface area contributed by atoms with Gasteiger partial charge in [-0.3, -0.25) is 14.5 Å². The predicted octanol–water partition coefficient (Wildman–Crippen LogP) is 4.17. The van der Waals surface area contributed by atoms with Crippen LogP contribution in [0.15, 0.2) is 24.3 Å². The second-order valence-corrected chi connectivity index (χ2v) is 9.83. The molecule has 2 aliphatic heterocycles. The highest BCUT2D eigenvalue weighted by Gasteiger charge is 2.49. The Bertz CT molecular complexity index is 661. The van der Waals surface area contributed by atoms with Gasteiger partial charge in [0.2, 0.25) is 11.8 Å². The molecule has 0 aromatic heterocycles. The summed E-state index contributed by atoms with van der Waals surface area (Å²) >= 11 is 7.70. The molecule has 0 bridgehead atoms. The van der Waals surface area contributed by atoms with Gasteiger partial charge in [0, 0.05) is 30.2 Å². The maximum atomic E-state index is 12.5. The van der Waals surface area contributed by atoms with Gasteiger partial charge in [0.15, 0.2) is 0 Å². The van der Waals surface area contributed by atoms with Crippen LogP contribution in [-0.4, -0.2) is 40.4 Å². The van der Waals surface area contributed by atoms with Crippen molar-refractivity contribution >= 4 is 40.9 Å². The fourth-order valence-corrected chi connectivity index (χ4v) is 5.02. The molecule has 136 valence electrons. The van der Waals surface area contributed by atoms with Gasteiger partial charge in [0.05, 0.1) is 10.6 Å². The first-order valence-electron chi connectivity index (χ1n) is 8.71. The molecule has 2 saturated heterocycles. The fraction of sp³-hybridized carbons (Fsp3) is 0.579. The first-order chi connectivity index (χ1) is 11.7. The van der Waals surface area contributed by atoms with Crippen molar-refractivity contribution in [2.75, 3.05) is 23.7 Å². The molecule has 0 saturated carbocycles. The molecule has 1 aromatic rings. The van der Waals surface area contributed by atoms with E-state index in [1.54, 1.807) is 11.8 Å². The van der Waals surface area contributed by atoms with E-state index < -0.39 is 0 Å². The Morgan fingerprint density at radius 1 is 1.20 bits per heavy atom. The molecule has 1 spiro atoms. The summed E-state index contributed by atoms with van der Waals surface area (Å²) in [6.45, 7) is 7.68. The van der Waals surface area contributed by atoms with Crippen molar-refractivity contribution in [3.05, 3.63) is 29.3 Å². The van der Waals surface area contributed by atoms with E-state index >= 15 is 0 Å². The van der Waals surface area contributed by atoms with Crippen LogP contribution in [0.25, 0.3) is 0 Å². The maximum absolute atomic E-state index is 12.5. The van der Waals surface area contributed by atoms with Crippen molar-refractivity contribution in [3.8, 4) is 0 Å². The van der Waals surface area contributed by atoms with Gasteiger partial charge in [-0.1, -0.05) is 32.4 Å². The van der Waals surface area contributed by atoms with Gasteiger partial charge in [-0.15, -0.1) is 11.8 Å². The van der Waals surface area contributed by atoms with Crippen molar-refractivity contribution in [1.82, 2.24) is 4.90 Å². The monoisotopic (exact) mass is 380 g/mol. The Morgan fingerprint density at radius 2 is 1.80 bits per heavy atom. The lowest BCUT2D eigenvalue weighted by molar-refractivity contribution is -0.134. The van der Waals surface area contributed by atoms with Crippen LogP contribution in [0.3, 0.4) is 0 Å². The Balaban J connectivity index is 1.73. The van der Waals surface area contributed by atoms with Crippen molar-refractivity contribution in [1.29, 1.82) is 0 Å². The number of benzene rings is 1. The lowest BCUT2D eigenvalue weighted by atomic mass is 9.91. The van der Waals surface area contributed by atoms with Crippen LogP contribution < -0.4 is 4.90 Å². The number of hydrogen-bond donors (Lipinski definition) is 0. The summed E-state index contributed by atoms with van der Waals surface area (Å²) in [5.41, 5.74) is 0.897. The van der Waals surface area contributed by atoms with Crippen molar-refractivity contribution < 1.29 is 9.59 Å². The van der Waals surface area contributed by atoms with Crippen LogP contribution in [0.4, 0.5) is 5.69 Å². The number of halogens is 1. The third-order valence-electron chi connectivity index (χ3n) is 4.79. The topological polar surface area (TPSA) is 40.6 Å². The number of nitrogens with zero attached hydrogens (tertiary/aromatic N) is 2. The lowest BCUT2D eigenvalue weighted by Crippen LogP contribution is -2.53. The zero-order chi connectivity index (χ0) is 18.2. The van der Waals surface area contributed by atoms with Crippen LogP contribution in [-0.2, 0) is 9.59 Å². The molecule has 3 rings (SSSR count). The first-order valence-corrected chi connectivity index (χ1v) is 10.1. The average molecular weight is 381 g/mol. The average Bonchev–Trinajstić information content (AvgIpc) is 2.84. The number of hydrogen-bond acceptors (Lipinski definition) is 3. The van der Waals surface area contributed by atoms with Crippen molar-refractivity contribution in [3.63, 3.8) is 0 Å². The summed E-state index contributed by atoms with van der Waals surface area (Å²) in [6, 6.07) is 7.46. The van der Waals surface area contributed by atoms with Crippen molar-refractivity contribution in [2.24, 2.45) is 5.41 Å². The number of likely N-dealkylation sites (tertiary alicyclic amines) is 1. The van der Waals surface area contributed by atoms with Crippen LogP contribution in [0.5, 0.6) is 0 Å². The Labute approximate surface area is 158 Å². The third kappa shape index (κ3) is 3.98. The minimum atomic E-state index is -0.233. The van der Waals surface area contributed by atoms with Crippen LogP contribution in [0, 0.1) is 5.41 Å². The van der Waals surface area contributed by atoms with Crippen molar-refractivity contribution in [2.45, 2.75) is 44.9 Å². The second-order valence-electron chi connectivity index (χ2n) is 8.06. The first kappa shape index (κ1) is 18.6. The molecule has 25 heavy (non-hydrogen) atoms. The smallest absolute Gasteiger partial charge is 0.238 e. The van der Waals surface area contributed by atoms with Crippen LogP contribution >= 0.6 is 23.4 Å². The summed E-state index contributed by atoms with van der Waals surface area (Å²) in [4.78, 5) is 28.7. The minimum absolute atomic E-state index is 0.000363. The van der Waals surface area contributed by atoms with Gasteiger partial charge in [-0.05, 0) is 42.5 Å². The molecule has 1 aromatic carbocycles. The highest BCUT2D eigenvalue weighted by molar-refractivity contribution is 8.02. The van der Waals surface area contributed by atoms with E-state index in [-0.39, 0.29) is 22.1 Å². The zero-order valence-electron chi connectivity index (χ0n) is 15.0. The van der Waals surface area contributed by atoms with Gasteiger partial charge < -0.3 is 4.90 Å². The highest BCUT2D eigenvalue weighted by atomic mass is 35.5. The normalized spacial score (nSPS) is 20.4. The molecule has 0 N–H and O–H groups in total. The van der Waals surface area contributed by atoms with Crippen LogP contribution in [0.2, 0.25) is 5.02 Å². The fourth-order valence-electron chi connectivity index (χ4n) is 3.56. The summed E-state index contributed by atoms with van der Waals surface area (Å²) in [5, 5.41) is 0.666. The van der Waals surface area contributed by atoms with E-state index in [1.807, 2.05) is 34.1 Å². The zero-order valence-corrected chi connectivity index (χ0v) is 16.6. The third-order valence-corrected chi connectivity index (χ3v) is 6.56. The quantitative estimate of drug-likeness (QED) is 0.772. The highest BCUT2D eigenvalue weighted by Crippen LogP contribution is 2.47. The van der Waals surface area contributed by atoms with E-state index in [2.05, 4.69) is 20.8 Å². The van der Waals surface area contributed by atoms with E-state index in [0.29, 0.717) is 30.3 Å². The van der Waals surface area contributed by atoms with E-state index in [0.717, 1.165) is 18.5 Å². The molecule has 0 atom stereocenters. The predicted molar refractivity (Wildman–Crippen MR) is 104 cm³/mol. The molecule has 0 unspecified atom stereocenters. The minimum Gasteiger partial charge on any atom is -0.342 e. The molecule has 0 radical (unpaired) electrons.